The van der Waals surface area contributed by atoms with Crippen LogP contribution in [0.25, 0.3) is 0 Å². The molecular weight excluding hydrogens is 270 g/mol. The van der Waals surface area contributed by atoms with E-state index in [9.17, 15) is 8.78 Å². The van der Waals surface area contributed by atoms with Crippen LogP contribution < -0.4 is 4.74 Å². The Morgan fingerprint density at radius 3 is 2.29 bits per heavy atom. The molecule has 0 aliphatic rings. The van der Waals surface area contributed by atoms with Gasteiger partial charge >= 0.3 is 0 Å². The first kappa shape index (κ1) is 15.1. The van der Waals surface area contributed by atoms with Crippen molar-refractivity contribution >= 4 is 0 Å². The van der Waals surface area contributed by atoms with Gasteiger partial charge in [-0.15, -0.1) is 0 Å². The lowest BCUT2D eigenvalue weighted by molar-refractivity contribution is 0.371. The molecule has 21 heavy (non-hydrogen) atoms. The Morgan fingerprint density at radius 2 is 1.67 bits per heavy atom. The van der Waals surface area contributed by atoms with Crippen molar-refractivity contribution in [3.63, 3.8) is 0 Å². The van der Waals surface area contributed by atoms with Gasteiger partial charge in [-0.2, -0.15) is 4.39 Å². The van der Waals surface area contributed by atoms with Gasteiger partial charge in [0.15, 0.2) is 11.6 Å². The molecule has 2 aromatic rings. The fourth-order valence-electron chi connectivity index (χ4n) is 1.97. The topological polar surface area (TPSA) is 9.23 Å². The summed E-state index contributed by atoms with van der Waals surface area (Å²) < 4.78 is 32.0. The summed E-state index contributed by atoms with van der Waals surface area (Å²) in [6.45, 7) is 2.12. The van der Waals surface area contributed by atoms with Gasteiger partial charge in [-0.3, -0.25) is 0 Å². The summed E-state index contributed by atoms with van der Waals surface area (Å²) in [7, 11) is 1.29. The summed E-state index contributed by atoms with van der Waals surface area (Å²) in [6, 6.07) is 10.5. The molecule has 0 saturated carbocycles. The molecule has 0 heterocycles. The SMILES string of the molecule is CCCc1ccc(C#Cc2ccc(OC)c(F)c2F)cc1. The number of hydrogen-bond donors (Lipinski definition) is 0. The first-order chi connectivity index (χ1) is 10.2. The Hall–Kier alpha value is -2.34. The molecule has 0 radical (unpaired) electrons. The molecular formula is C18H16F2O. The Labute approximate surface area is 123 Å². The largest absolute Gasteiger partial charge is 0.494 e. The van der Waals surface area contributed by atoms with Crippen molar-refractivity contribution < 1.29 is 13.5 Å². The molecule has 0 aliphatic heterocycles. The van der Waals surface area contributed by atoms with Crippen molar-refractivity contribution in [2.75, 3.05) is 7.11 Å². The fraction of sp³-hybridized carbons (Fsp3) is 0.222. The highest BCUT2D eigenvalue weighted by atomic mass is 19.2. The van der Waals surface area contributed by atoms with E-state index in [1.54, 1.807) is 0 Å². The fourth-order valence-corrected chi connectivity index (χ4v) is 1.97. The molecule has 0 fully saturated rings. The molecule has 2 rings (SSSR count). The monoisotopic (exact) mass is 286 g/mol. The highest BCUT2D eigenvalue weighted by Gasteiger charge is 2.12. The van der Waals surface area contributed by atoms with E-state index in [0.29, 0.717) is 0 Å². The summed E-state index contributed by atoms with van der Waals surface area (Å²) in [5.41, 5.74) is 2.03. The summed E-state index contributed by atoms with van der Waals surface area (Å²) in [4.78, 5) is 0. The average Bonchev–Trinajstić information content (AvgIpc) is 2.50. The predicted octanol–water partition coefficient (Wildman–Crippen LogP) is 4.33. The van der Waals surface area contributed by atoms with Crippen LogP contribution in [0.3, 0.4) is 0 Å². The molecule has 1 nitrogen and oxygen atoms in total. The maximum absolute atomic E-state index is 13.8. The molecule has 0 spiro atoms. The molecule has 0 atom stereocenters. The Balaban J connectivity index is 2.24. The minimum atomic E-state index is -1.01. The number of rotatable bonds is 3. The van der Waals surface area contributed by atoms with Gasteiger partial charge in [0, 0.05) is 5.56 Å². The van der Waals surface area contributed by atoms with Gasteiger partial charge in [0.1, 0.15) is 0 Å². The first-order valence-corrected chi connectivity index (χ1v) is 6.78. The standard InChI is InChI=1S/C18H16F2O/c1-3-4-13-5-7-14(8-6-13)9-10-15-11-12-16(21-2)18(20)17(15)19/h5-8,11-12H,3-4H2,1-2H3. The van der Waals surface area contributed by atoms with Gasteiger partial charge in [-0.1, -0.05) is 37.3 Å². The molecule has 108 valence electrons. The summed E-state index contributed by atoms with van der Waals surface area (Å²) in [5.74, 6) is 3.37. The normalized spacial score (nSPS) is 9.90. The van der Waals surface area contributed by atoms with E-state index in [-0.39, 0.29) is 11.3 Å². The Bertz CT molecular complexity index is 679. The van der Waals surface area contributed by atoms with E-state index in [1.165, 1.54) is 24.8 Å². The molecule has 0 aromatic heterocycles. The second-order valence-corrected chi connectivity index (χ2v) is 4.64. The maximum Gasteiger partial charge on any atom is 0.201 e. The van der Waals surface area contributed by atoms with E-state index in [2.05, 4.69) is 18.8 Å². The molecule has 0 aliphatic carbocycles. The molecule has 0 saturated heterocycles. The van der Waals surface area contributed by atoms with Crippen molar-refractivity contribution in [1.29, 1.82) is 0 Å². The van der Waals surface area contributed by atoms with Crippen molar-refractivity contribution in [1.82, 2.24) is 0 Å². The third-order valence-corrected chi connectivity index (χ3v) is 3.10. The number of ether oxygens (including phenoxy) is 1. The van der Waals surface area contributed by atoms with Gasteiger partial charge < -0.3 is 4.74 Å². The maximum atomic E-state index is 13.8. The minimum absolute atomic E-state index is 0.0194. The van der Waals surface area contributed by atoms with Crippen LogP contribution >= 0.6 is 0 Å². The number of aryl methyl sites for hydroxylation is 1. The van der Waals surface area contributed by atoms with Crippen LogP contribution in [0.4, 0.5) is 8.78 Å². The van der Waals surface area contributed by atoms with Crippen LogP contribution in [-0.2, 0) is 6.42 Å². The van der Waals surface area contributed by atoms with Crippen LogP contribution in [0.15, 0.2) is 36.4 Å². The lowest BCUT2D eigenvalue weighted by Gasteiger charge is -2.03. The first-order valence-electron chi connectivity index (χ1n) is 6.78. The van der Waals surface area contributed by atoms with Crippen LogP contribution in [0.1, 0.15) is 30.0 Å². The number of halogens is 2. The average molecular weight is 286 g/mol. The van der Waals surface area contributed by atoms with E-state index >= 15 is 0 Å². The summed E-state index contributed by atoms with van der Waals surface area (Å²) in [6.07, 6.45) is 2.10. The van der Waals surface area contributed by atoms with Crippen molar-refractivity contribution in [2.24, 2.45) is 0 Å². The van der Waals surface area contributed by atoms with Gasteiger partial charge in [-0.05, 0) is 36.2 Å². The van der Waals surface area contributed by atoms with Crippen molar-refractivity contribution in [3.8, 4) is 17.6 Å². The van der Waals surface area contributed by atoms with E-state index in [0.717, 1.165) is 18.4 Å². The third kappa shape index (κ3) is 3.61. The lowest BCUT2D eigenvalue weighted by Crippen LogP contribution is -1.95. The third-order valence-electron chi connectivity index (χ3n) is 3.10. The van der Waals surface area contributed by atoms with Crippen LogP contribution in [0.2, 0.25) is 0 Å². The smallest absolute Gasteiger partial charge is 0.201 e. The molecule has 0 bridgehead atoms. The Kier molecular flexibility index (Phi) is 4.94. The van der Waals surface area contributed by atoms with Crippen LogP contribution in [-0.4, -0.2) is 7.11 Å². The molecule has 0 amide bonds. The Morgan fingerprint density at radius 1 is 0.952 bits per heavy atom. The predicted molar refractivity (Wildman–Crippen MR) is 79.3 cm³/mol. The van der Waals surface area contributed by atoms with Gasteiger partial charge in [0.05, 0.1) is 12.7 Å². The molecule has 0 unspecified atom stereocenters. The highest BCUT2D eigenvalue weighted by Crippen LogP contribution is 2.21. The number of hydrogen-bond acceptors (Lipinski definition) is 1. The minimum Gasteiger partial charge on any atom is -0.494 e. The quantitative estimate of drug-likeness (QED) is 0.763. The molecule has 3 heteroatoms. The van der Waals surface area contributed by atoms with E-state index in [1.807, 2.05) is 24.3 Å². The van der Waals surface area contributed by atoms with Gasteiger partial charge in [0.25, 0.3) is 0 Å². The lowest BCUT2D eigenvalue weighted by atomic mass is 10.1. The second-order valence-electron chi connectivity index (χ2n) is 4.64. The van der Waals surface area contributed by atoms with E-state index in [4.69, 9.17) is 4.74 Å². The van der Waals surface area contributed by atoms with Crippen LogP contribution in [0, 0.1) is 23.5 Å². The van der Waals surface area contributed by atoms with E-state index < -0.39 is 11.6 Å². The second kappa shape index (κ2) is 6.90. The van der Waals surface area contributed by atoms with Crippen molar-refractivity contribution in [2.45, 2.75) is 19.8 Å². The zero-order chi connectivity index (χ0) is 15.2. The van der Waals surface area contributed by atoms with Crippen LogP contribution in [0.5, 0.6) is 5.75 Å². The summed E-state index contributed by atoms with van der Waals surface area (Å²) >= 11 is 0. The zero-order valence-electron chi connectivity index (χ0n) is 12.0. The molecule has 0 N–H and O–H groups in total. The van der Waals surface area contributed by atoms with Crippen molar-refractivity contribution in [3.05, 3.63) is 64.7 Å². The van der Waals surface area contributed by atoms with Gasteiger partial charge in [-0.25, -0.2) is 4.39 Å². The number of benzene rings is 2. The number of methoxy groups -OCH3 is 1. The highest BCUT2D eigenvalue weighted by molar-refractivity contribution is 5.46. The van der Waals surface area contributed by atoms with Gasteiger partial charge in [0.2, 0.25) is 5.82 Å². The zero-order valence-corrected chi connectivity index (χ0v) is 12.0. The summed E-state index contributed by atoms with van der Waals surface area (Å²) in [5, 5.41) is 0. The molecule has 2 aromatic carbocycles.